The molecule has 1 atom stereocenters. The van der Waals surface area contributed by atoms with Gasteiger partial charge in [-0.1, -0.05) is 43.2 Å². The largest absolute Gasteiger partial charge is 0.453 e. The summed E-state index contributed by atoms with van der Waals surface area (Å²) in [5.41, 5.74) is 3.08. The van der Waals surface area contributed by atoms with E-state index in [1.165, 1.54) is 31.1 Å². The molecule has 2 aliphatic rings. The molecule has 2 fully saturated rings. The molecular formula is C21H30N2O3. The van der Waals surface area contributed by atoms with Crippen LogP contribution in [0.15, 0.2) is 24.3 Å². The molecule has 2 amide bonds. The van der Waals surface area contributed by atoms with Gasteiger partial charge in [0.25, 0.3) is 0 Å². The van der Waals surface area contributed by atoms with Crippen molar-refractivity contribution in [2.24, 2.45) is 11.3 Å². The normalized spacial score (nSPS) is 19.4. The summed E-state index contributed by atoms with van der Waals surface area (Å²) >= 11 is 0. The third-order valence-electron chi connectivity index (χ3n) is 5.90. The third kappa shape index (κ3) is 3.87. The molecule has 142 valence electrons. The van der Waals surface area contributed by atoms with E-state index in [1.807, 2.05) is 4.90 Å². The van der Waals surface area contributed by atoms with Crippen LogP contribution in [0, 0.1) is 18.3 Å². The number of aryl methyl sites for hydroxylation is 1. The van der Waals surface area contributed by atoms with E-state index in [1.54, 1.807) is 0 Å². The summed E-state index contributed by atoms with van der Waals surface area (Å²) in [7, 11) is 1.34. The van der Waals surface area contributed by atoms with Crippen molar-refractivity contribution < 1.29 is 14.3 Å². The lowest BCUT2D eigenvalue weighted by Crippen LogP contribution is -2.64. The minimum absolute atomic E-state index is 0.149. The van der Waals surface area contributed by atoms with E-state index in [4.69, 9.17) is 0 Å². The van der Waals surface area contributed by atoms with Gasteiger partial charge in [-0.3, -0.25) is 4.79 Å². The molecule has 1 aromatic carbocycles. The van der Waals surface area contributed by atoms with E-state index in [9.17, 15) is 9.59 Å². The summed E-state index contributed by atoms with van der Waals surface area (Å²) in [6, 6.07) is 8.78. The minimum Gasteiger partial charge on any atom is -0.453 e. The standard InChI is InChI=1S/C21H30N2O3/c1-4-6-17(12-22-20(25)26-3)19(24)23-13-21(14-23)10-18(11-21)16-8-5-7-15(2)9-16/h5,7-9,17-18H,4,6,10-14H2,1-3H3,(H,22,25)/t17-/m1/s1. The minimum atomic E-state index is -0.473. The number of hydrogen-bond donors (Lipinski definition) is 1. The molecule has 0 radical (unpaired) electrons. The Bertz CT molecular complexity index is 659. The molecule has 1 heterocycles. The van der Waals surface area contributed by atoms with Crippen LogP contribution in [0.5, 0.6) is 0 Å². The Labute approximate surface area is 156 Å². The number of amides is 2. The Morgan fingerprint density at radius 1 is 1.35 bits per heavy atom. The number of ether oxygens (including phenoxy) is 1. The Morgan fingerprint density at radius 2 is 2.08 bits per heavy atom. The van der Waals surface area contributed by atoms with Gasteiger partial charge in [-0.05, 0) is 37.7 Å². The monoisotopic (exact) mass is 358 g/mol. The van der Waals surface area contributed by atoms with Crippen LogP contribution in [-0.4, -0.2) is 43.6 Å². The van der Waals surface area contributed by atoms with Gasteiger partial charge in [0.2, 0.25) is 5.91 Å². The van der Waals surface area contributed by atoms with E-state index in [-0.39, 0.29) is 11.8 Å². The average Bonchev–Trinajstić information content (AvgIpc) is 2.55. The van der Waals surface area contributed by atoms with Gasteiger partial charge in [-0.15, -0.1) is 0 Å². The predicted octanol–water partition coefficient (Wildman–Crippen LogP) is 3.47. The molecule has 1 aromatic rings. The number of alkyl carbamates (subject to hydrolysis) is 1. The van der Waals surface area contributed by atoms with Gasteiger partial charge in [-0.25, -0.2) is 4.79 Å². The number of nitrogens with one attached hydrogen (secondary N) is 1. The summed E-state index contributed by atoms with van der Waals surface area (Å²) in [6.45, 7) is 6.29. The lowest BCUT2D eigenvalue weighted by atomic mass is 9.56. The average molecular weight is 358 g/mol. The van der Waals surface area contributed by atoms with E-state index < -0.39 is 6.09 Å². The smallest absolute Gasteiger partial charge is 0.406 e. The number of rotatable bonds is 6. The van der Waals surface area contributed by atoms with Crippen molar-refractivity contribution in [3.63, 3.8) is 0 Å². The van der Waals surface area contributed by atoms with Crippen LogP contribution in [0.3, 0.4) is 0 Å². The molecule has 1 aliphatic heterocycles. The van der Waals surface area contributed by atoms with Crippen molar-refractivity contribution in [1.82, 2.24) is 10.2 Å². The first-order valence-electron chi connectivity index (χ1n) is 9.63. The molecule has 3 rings (SSSR count). The fourth-order valence-electron chi connectivity index (χ4n) is 4.52. The molecule has 1 aliphatic carbocycles. The van der Waals surface area contributed by atoms with Crippen molar-refractivity contribution in [2.45, 2.75) is 45.4 Å². The van der Waals surface area contributed by atoms with Crippen LogP contribution in [0.4, 0.5) is 4.79 Å². The van der Waals surface area contributed by atoms with Crippen molar-refractivity contribution in [3.8, 4) is 0 Å². The fraction of sp³-hybridized carbons (Fsp3) is 0.619. The maximum absolute atomic E-state index is 12.8. The van der Waals surface area contributed by atoms with Gasteiger partial charge in [0, 0.05) is 25.0 Å². The Balaban J connectivity index is 1.49. The zero-order valence-electron chi connectivity index (χ0n) is 16.1. The summed E-state index contributed by atoms with van der Waals surface area (Å²) in [4.78, 5) is 26.0. The predicted molar refractivity (Wildman–Crippen MR) is 101 cm³/mol. The third-order valence-corrected chi connectivity index (χ3v) is 5.90. The molecule has 1 spiro atoms. The number of carbonyl (C=O) groups is 2. The van der Waals surface area contributed by atoms with Gasteiger partial charge >= 0.3 is 6.09 Å². The van der Waals surface area contributed by atoms with Crippen molar-refractivity contribution in [1.29, 1.82) is 0 Å². The molecule has 26 heavy (non-hydrogen) atoms. The van der Waals surface area contributed by atoms with Crippen LogP contribution in [-0.2, 0) is 9.53 Å². The highest BCUT2D eigenvalue weighted by Gasteiger charge is 2.54. The molecule has 1 saturated heterocycles. The number of nitrogens with zero attached hydrogens (tertiary/aromatic N) is 1. The van der Waals surface area contributed by atoms with E-state index in [2.05, 4.69) is 48.2 Å². The highest BCUT2D eigenvalue weighted by atomic mass is 16.5. The van der Waals surface area contributed by atoms with Crippen LogP contribution in [0.25, 0.3) is 0 Å². The first-order chi connectivity index (χ1) is 12.5. The number of carbonyl (C=O) groups excluding carboxylic acids is 2. The first kappa shape index (κ1) is 18.7. The van der Waals surface area contributed by atoms with Crippen LogP contribution in [0.2, 0.25) is 0 Å². The highest BCUT2D eigenvalue weighted by Crippen LogP contribution is 2.56. The molecule has 1 saturated carbocycles. The Kier molecular flexibility index (Phi) is 5.54. The zero-order valence-corrected chi connectivity index (χ0v) is 16.1. The maximum Gasteiger partial charge on any atom is 0.406 e. The van der Waals surface area contributed by atoms with Crippen LogP contribution < -0.4 is 5.32 Å². The SMILES string of the molecule is CCC[C@H](CNC(=O)OC)C(=O)N1CC2(CC(c3cccc(C)c3)C2)C1. The lowest BCUT2D eigenvalue weighted by Gasteiger charge is -2.59. The Morgan fingerprint density at radius 3 is 2.69 bits per heavy atom. The van der Waals surface area contributed by atoms with Crippen LogP contribution >= 0.6 is 0 Å². The molecule has 5 heteroatoms. The second-order valence-corrected chi connectivity index (χ2v) is 8.07. The van der Waals surface area contributed by atoms with Gasteiger partial charge < -0.3 is 15.0 Å². The van der Waals surface area contributed by atoms with Crippen LogP contribution in [0.1, 0.15) is 49.7 Å². The van der Waals surface area contributed by atoms with E-state index >= 15 is 0 Å². The quantitative estimate of drug-likeness (QED) is 0.847. The van der Waals surface area contributed by atoms with Crippen molar-refractivity contribution in [3.05, 3.63) is 35.4 Å². The number of likely N-dealkylation sites (tertiary alicyclic amines) is 1. The maximum atomic E-state index is 12.8. The summed E-state index contributed by atoms with van der Waals surface area (Å²) in [5.74, 6) is 0.663. The number of methoxy groups -OCH3 is 1. The summed E-state index contributed by atoms with van der Waals surface area (Å²) in [6.07, 6.45) is 3.60. The van der Waals surface area contributed by atoms with E-state index in [0.29, 0.717) is 17.9 Å². The molecule has 5 nitrogen and oxygen atoms in total. The van der Waals surface area contributed by atoms with Crippen molar-refractivity contribution >= 4 is 12.0 Å². The zero-order chi connectivity index (χ0) is 18.7. The lowest BCUT2D eigenvalue weighted by molar-refractivity contribution is -0.156. The van der Waals surface area contributed by atoms with Gasteiger partial charge in [0.1, 0.15) is 0 Å². The molecular weight excluding hydrogens is 328 g/mol. The topological polar surface area (TPSA) is 58.6 Å². The first-order valence-corrected chi connectivity index (χ1v) is 9.63. The van der Waals surface area contributed by atoms with Crippen molar-refractivity contribution in [2.75, 3.05) is 26.7 Å². The van der Waals surface area contributed by atoms with Gasteiger partial charge in [0.05, 0.1) is 13.0 Å². The summed E-state index contributed by atoms with van der Waals surface area (Å²) < 4.78 is 4.61. The van der Waals surface area contributed by atoms with Gasteiger partial charge in [0.15, 0.2) is 0 Å². The Hall–Kier alpha value is -2.04. The van der Waals surface area contributed by atoms with E-state index in [0.717, 1.165) is 25.9 Å². The molecule has 1 N–H and O–H groups in total. The molecule has 0 unspecified atom stereocenters. The molecule has 0 bridgehead atoms. The summed E-state index contributed by atoms with van der Waals surface area (Å²) in [5, 5.41) is 2.68. The number of hydrogen-bond acceptors (Lipinski definition) is 3. The second kappa shape index (κ2) is 7.68. The fourth-order valence-corrected chi connectivity index (χ4v) is 4.52. The van der Waals surface area contributed by atoms with Gasteiger partial charge in [-0.2, -0.15) is 0 Å². The number of benzene rings is 1. The molecule has 0 aromatic heterocycles. The second-order valence-electron chi connectivity index (χ2n) is 8.07. The highest BCUT2D eigenvalue weighted by molar-refractivity contribution is 5.81.